The van der Waals surface area contributed by atoms with Gasteiger partial charge in [-0.05, 0) is 59.5 Å². The van der Waals surface area contributed by atoms with Crippen LogP contribution in [0.5, 0.6) is 0 Å². The Kier molecular flexibility index (Phi) is 6.14. The number of urea groups is 1. The van der Waals surface area contributed by atoms with Crippen LogP contribution in [0.1, 0.15) is 57.1 Å². The molecular weight excluding hydrogens is 535 g/mol. The molecule has 0 saturated carbocycles. The molecule has 0 N–H and O–H groups in total. The highest BCUT2D eigenvalue weighted by Gasteiger charge is 2.46. The van der Waals surface area contributed by atoms with Gasteiger partial charge >= 0.3 is 12.2 Å². The van der Waals surface area contributed by atoms with Crippen LogP contribution in [-0.2, 0) is 24.1 Å². The smallest absolute Gasteiger partial charge is 0.330 e. The summed E-state index contributed by atoms with van der Waals surface area (Å²) >= 11 is 0. The van der Waals surface area contributed by atoms with E-state index in [-0.39, 0.29) is 46.9 Å². The van der Waals surface area contributed by atoms with Crippen molar-refractivity contribution in [3.8, 4) is 6.07 Å². The first-order chi connectivity index (χ1) is 19.6. The number of alkyl halides is 3. The summed E-state index contributed by atoms with van der Waals surface area (Å²) in [6, 6.07) is 11.2. The Balaban J connectivity index is 1.46. The van der Waals surface area contributed by atoms with E-state index in [2.05, 4.69) is 4.98 Å². The number of carbonyl (C=O) groups is 3. The molecule has 11 heteroatoms. The van der Waals surface area contributed by atoms with Crippen LogP contribution in [0, 0.1) is 11.3 Å². The fourth-order valence-electron chi connectivity index (χ4n) is 5.82. The standard InChI is InChI=1S/C30H22F3N5O3/c1-36-27(22-6-5-17(13-34)11-23(22)28(40)37-15-18-9-10-35-14-19(18)16-37)26-24(7-8-25(26)39)38(29(36)41)21-4-2-3-20(12-21)30(31,32)33/h2-6,9-12,14,27H,7-8,15-16H2,1H3. The molecule has 2 aromatic carbocycles. The monoisotopic (exact) mass is 557 g/mol. The van der Waals surface area contributed by atoms with Crippen molar-refractivity contribution in [3.63, 3.8) is 0 Å². The van der Waals surface area contributed by atoms with Crippen LogP contribution in [0.3, 0.4) is 0 Å². The largest absolute Gasteiger partial charge is 0.416 e. The molecule has 1 atom stereocenters. The number of pyridine rings is 1. The summed E-state index contributed by atoms with van der Waals surface area (Å²) in [5.74, 6) is -0.634. The molecule has 0 fully saturated rings. The number of ketones is 1. The second-order valence-corrected chi connectivity index (χ2v) is 10.2. The van der Waals surface area contributed by atoms with Crippen molar-refractivity contribution in [2.45, 2.75) is 38.1 Å². The molecule has 1 aromatic heterocycles. The van der Waals surface area contributed by atoms with E-state index in [1.165, 1.54) is 36.2 Å². The highest BCUT2D eigenvalue weighted by atomic mass is 19.4. The third-order valence-electron chi connectivity index (χ3n) is 7.78. The Bertz CT molecular complexity index is 1680. The van der Waals surface area contributed by atoms with Gasteiger partial charge in [0.2, 0.25) is 0 Å². The first-order valence-corrected chi connectivity index (χ1v) is 12.8. The molecule has 206 valence electrons. The van der Waals surface area contributed by atoms with Gasteiger partial charge in [-0.25, -0.2) is 4.79 Å². The molecule has 6 rings (SSSR count). The van der Waals surface area contributed by atoms with Crippen LogP contribution >= 0.6 is 0 Å². The molecule has 3 aromatic rings. The van der Waals surface area contributed by atoms with Crippen LogP contribution in [0.25, 0.3) is 0 Å². The van der Waals surface area contributed by atoms with E-state index in [4.69, 9.17) is 0 Å². The topological polar surface area (TPSA) is 97.6 Å². The maximum atomic E-state index is 13.9. The number of benzene rings is 2. The van der Waals surface area contributed by atoms with Gasteiger partial charge in [0.25, 0.3) is 5.91 Å². The molecule has 0 spiro atoms. The van der Waals surface area contributed by atoms with E-state index in [1.807, 2.05) is 12.1 Å². The van der Waals surface area contributed by atoms with Gasteiger partial charge in [-0.15, -0.1) is 0 Å². The van der Waals surface area contributed by atoms with Crippen molar-refractivity contribution in [1.82, 2.24) is 14.8 Å². The molecule has 2 aliphatic heterocycles. The Labute approximate surface area is 232 Å². The summed E-state index contributed by atoms with van der Waals surface area (Å²) < 4.78 is 40.4. The molecule has 0 bridgehead atoms. The fraction of sp³-hybridized carbons (Fsp3) is 0.233. The summed E-state index contributed by atoms with van der Waals surface area (Å²) in [4.78, 5) is 49.1. The number of aromatic nitrogens is 1. The van der Waals surface area contributed by atoms with Crippen LogP contribution in [0.15, 0.2) is 72.2 Å². The minimum absolute atomic E-state index is 0.00288. The third-order valence-corrected chi connectivity index (χ3v) is 7.78. The van der Waals surface area contributed by atoms with Gasteiger partial charge in [0.15, 0.2) is 5.78 Å². The highest BCUT2D eigenvalue weighted by molar-refractivity contribution is 6.09. The number of nitriles is 1. The van der Waals surface area contributed by atoms with Crippen molar-refractivity contribution in [2.24, 2.45) is 0 Å². The molecule has 3 aliphatic rings. The number of hydrogen-bond acceptors (Lipinski definition) is 5. The number of halogens is 3. The van der Waals surface area contributed by atoms with Crippen LogP contribution in [-0.4, -0.2) is 39.6 Å². The predicted octanol–water partition coefficient (Wildman–Crippen LogP) is 5.36. The number of likely N-dealkylation sites (N-methyl/N-ethyl adjacent to an activating group) is 1. The van der Waals surface area contributed by atoms with Gasteiger partial charge in [-0.1, -0.05) is 12.1 Å². The molecule has 0 saturated heterocycles. The first kappa shape index (κ1) is 26.3. The molecular formula is C30H22F3N5O3. The maximum Gasteiger partial charge on any atom is 0.416 e. The molecule has 41 heavy (non-hydrogen) atoms. The minimum atomic E-state index is -4.62. The average Bonchev–Trinajstić information content (AvgIpc) is 3.57. The second-order valence-electron chi connectivity index (χ2n) is 10.2. The number of hydrogen-bond donors (Lipinski definition) is 0. The summed E-state index contributed by atoms with van der Waals surface area (Å²) in [5.41, 5.74) is 2.26. The number of nitrogens with zero attached hydrogens (tertiary/aromatic N) is 5. The van der Waals surface area contributed by atoms with Crippen molar-refractivity contribution in [3.05, 3.63) is 106 Å². The first-order valence-electron chi connectivity index (χ1n) is 12.8. The lowest BCUT2D eigenvalue weighted by Gasteiger charge is -2.41. The maximum absolute atomic E-state index is 13.9. The predicted molar refractivity (Wildman–Crippen MR) is 140 cm³/mol. The molecule has 3 heterocycles. The molecule has 1 unspecified atom stereocenters. The number of fused-ring (bicyclic) bond motifs is 1. The van der Waals surface area contributed by atoms with Crippen molar-refractivity contribution >= 4 is 23.4 Å². The SMILES string of the molecule is CN1C(=O)N(c2cccc(C(F)(F)F)c2)C2=C(C(=O)CC2)C1c1ccc(C#N)cc1C(=O)N1Cc2ccncc2C1. The summed E-state index contributed by atoms with van der Waals surface area (Å²) in [7, 11) is 1.45. The second kappa shape index (κ2) is 9.59. The van der Waals surface area contributed by atoms with Gasteiger partial charge in [-0.3, -0.25) is 19.5 Å². The van der Waals surface area contributed by atoms with E-state index in [9.17, 15) is 32.8 Å². The quantitative estimate of drug-likeness (QED) is 0.432. The fourth-order valence-corrected chi connectivity index (χ4v) is 5.82. The third kappa shape index (κ3) is 4.32. The van der Waals surface area contributed by atoms with Gasteiger partial charge < -0.3 is 9.80 Å². The lowest BCUT2D eigenvalue weighted by Crippen LogP contribution is -2.48. The average molecular weight is 558 g/mol. The van der Waals surface area contributed by atoms with Crippen LogP contribution in [0.2, 0.25) is 0 Å². The van der Waals surface area contributed by atoms with Gasteiger partial charge in [0.1, 0.15) is 0 Å². The molecule has 0 radical (unpaired) electrons. The normalized spacial score (nSPS) is 18.5. The molecule has 8 nitrogen and oxygen atoms in total. The summed E-state index contributed by atoms with van der Waals surface area (Å²) in [6.45, 7) is 0.649. The van der Waals surface area contributed by atoms with E-state index in [1.54, 1.807) is 23.4 Å². The van der Waals surface area contributed by atoms with Crippen LogP contribution < -0.4 is 4.90 Å². The minimum Gasteiger partial charge on any atom is -0.330 e. The number of allylic oxidation sites excluding steroid dienone is 1. The summed E-state index contributed by atoms with van der Waals surface area (Å²) in [6.07, 6.45) is -1.04. The van der Waals surface area contributed by atoms with Crippen molar-refractivity contribution in [2.75, 3.05) is 11.9 Å². The van der Waals surface area contributed by atoms with E-state index < -0.39 is 23.8 Å². The number of rotatable bonds is 3. The zero-order chi connectivity index (χ0) is 29.1. The summed E-state index contributed by atoms with van der Waals surface area (Å²) in [5, 5.41) is 9.58. The lowest BCUT2D eigenvalue weighted by molar-refractivity contribution is -0.137. The Morgan fingerprint density at radius 3 is 2.56 bits per heavy atom. The highest BCUT2D eigenvalue weighted by Crippen LogP contribution is 2.46. The molecule has 1 aliphatic carbocycles. The van der Waals surface area contributed by atoms with Crippen molar-refractivity contribution < 1.29 is 27.6 Å². The number of carbonyl (C=O) groups excluding carboxylic acids is 3. The number of amides is 3. The van der Waals surface area contributed by atoms with E-state index in [0.717, 1.165) is 28.2 Å². The zero-order valence-electron chi connectivity index (χ0n) is 21.8. The van der Waals surface area contributed by atoms with E-state index >= 15 is 0 Å². The van der Waals surface area contributed by atoms with Gasteiger partial charge in [-0.2, -0.15) is 18.4 Å². The Hall–Kier alpha value is -4.98. The van der Waals surface area contributed by atoms with Gasteiger partial charge in [0, 0.05) is 55.8 Å². The Morgan fingerprint density at radius 1 is 1.05 bits per heavy atom. The number of Topliss-reactive ketones (excluding diaryl/α,β-unsaturated/α-hetero) is 1. The van der Waals surface area contributed by atoms with Crippen LogP contribution in [0.4, 0.5) is 23.7 Å². The lowest BCUT2D eigenvalue weighted by atomic mass is 9.88. The van der Waals surface area contributed by atoms with Gasteiger partial charge in [0.05, 0.1) is 28.9 Å². The number of anilines is 1. The molecule has 3 amide bonds. The Morgan fingerprint density at radius 2 is 1.83 bits per heavy atom. The van der Waals surface area contributed by atoms with E-state index in [0.29, 0.717) is 24.4 Å². The van der Waals surface area contributed by atoms with Crippen molar-refractivity contribution in [1.29, 1.82) is 5.26 Å². The zero-order valence-corrected chi connectivity index (χ0v) is 21.8.